The minimum absolute atomic E-state index is 0.0388. The van der Waals surface area contributed by atoms with E-state index in [9.17, 15) is 18.3 Å². The van der Waals surface area contributed by atoms with Gasteiger partial charge in [-0.05, 0) is 26.2 Å². The van der Waals surface area contributed by atoms with Gasteiger partial charge in [-0.3, -0.25) is 4.90 Å². The number of likely N-dealkylation sites (tertiary alicyclic amines) is 1. The van der Waals surface area contributed by atoms with Gasteiger partial charge in [0.1, 0.15) is 0 Å². The predicted octanol–water partition coefficient (Wildman–Crippen LogP) is 2.03. The second-order valence-corrected chi connectivity index (χ2v) is 4.69. The predicted molar refractivity (Wildman–Crippen MR) is 51.5 cm³/mol. The highest BCUT2D eigenvalue weighted by Crippen LogP contribution is 2.33. The maximum atomic E-state index is 12.4. The molecular weight excluding hydrogens is 207 g/mol. The Labute approximate surface area is 88.1 Å². The van der Waals surface area contributed by atoms with E-state index >= 15 is 0 Å². The third kappa shape index (κ3) is 2.84. The van der Waals surface area contributed by atoms with Gasteiger partial charge < -0.3 is 5.11 Å². The van der Waals surface area contributed by atoms with Crippen molar-refractivity contribution in [3.8, 4) is 0 Å². The molecular formula is C10H18F3NO. The molecule has 0 aromatic heterocycles. The number of aliphatic hydroxyl groups excluding tert-OH is 1. The zero-order valence-electron chi connectivity index (χ0n) is 9.25. The van der Waals surface area contributed by atoms with Gasteiger partial charge in [0, 0.05) is 18.6 Å². The van der Waals surface area contributed by atoms with E-state index in [0.29, 0.717) is 13.0 Å². The first-order chi connectivity index (χ1) is 6.73. The minimum atomic E-state index is -4.51. The van der Waals surface area contributed by atoms with Gasteiger partial charge in [0.05, 0.1) is 0 Å². The Morgan fingerprint density at radius 3 is 2.27 bits per heavy atom. The summed E-state index contributed by atoms with van der Waals surface area (Å²) in [5.74, 6) is 0.217. The largest absolute Gasteiger partial charge is 0.415 e. The summed E-state index contributed by atoms with van der Waals surface area (Å²) in [5, 5.41) is 9.26. The van der Waals surface area contributed by atoms with E-state index in [-0.39, 0.29) is 12.0 Å². The molecule has 1 fully saturated rings. The van der Waals surface area contributed by atoms with Crippen LogP contribution < -0.4 is 0 Å². The van der Waals surface area contributed by atoms with E-state index in [1.807, 2.05) is 20.8 Å². The lowest BCUT2D eigenvalue weighted by atomic mass is 10.0. The lowest BCUT2D eigenvalue weighted by Gasteiger charge is -2.32. The molecule has 0 aromatic carbocycles. The monoisotopic (exact) mass is 225 g/mol. The van der Waals surface area contributed by atoms with E-state index in [1.165, 1.54) is 0 Å². The van der Waals surface area contributed by atoms with Crippen molar-refractivity contribution in [2.45, 2.75) is 51.6 Å². The van der Waals surface area contributed by atoms with Crippen molar-refractivity contribution in [3.05, 3.63) is 0 Å². The van der Waals surface area contributed by atoms with E-state index < -0.39 is 18.3 Å². The van der Waals surface area contributed by atoms with Crippen molar-refractivity contribution in [3.63, 3.8) is 0 Å². The van der Waals surface area contributed by atoms with Gasteiger partial charge in [-0.2, -0.15) is 13.2 Å². The molecule has 5 heteroatoms. The second-order valence-electron chi connectivity index (χ2n) is 4.69. The summed E-state index contributed by atoms with van der Waals surface area (Å²) in [4.78, 5) is 1.74. The molecule has 2 nitrogen and oxygen atoms in total. The van der Waals surface area contributed by atoms with Crippen molar-refractivity contribution in [2.75, 3.05) is 6.54 Å². The molecule has 1 aliphatic rings. The number of hydrogen-bond acceptors (Lipinski definition) is 2. The number of aliphatic hydroxyl groups is 1. The Kier molecular flexibility index (Phi) is 3.66. The van der Waals surface area contributed by atoms with Crippen LogP contribution in [0.3, 0.4) is 0 Å². The minimum Gasteiger partial charge on any atom is -0.382 e. The Hall–Kier alpha value is -0.290. The average Bonchev–Trinajstić information content (AvgIpc) is 2.44. The molecule has 15 heavy (non-hydrogen) atoms. The third-order valence-corrected chi connectivity index (χ3v) is 2.96. The van der Waals surface area contributed by atoms with Crippen molar-refractivity contribution in [1.82, 2.24) is 4.90 Å². The summed E-state index contributed by atoms with van der Waals surface area (Å²) in [6.45, 7) is 6.26. The second kappa shape index (κ2) is 4.29. The molecule has 0 radical (unpaired) electrons. The van der Waals surface area contributed by atoms with Crippen molar-refractivity contribution in [2.24, 2.45) is 5.92 Å². The summed E-state index contributed by atoms with van der Waals surface area (Å²) < 4.78 is 37.2. The number of halogens is 3. The first-order valence-corrected chi connectivity index (χ1v) is 5.24. The van der Waals surface area contributed by atoms with Crippen LogP contribution in [0.5, 0.6) is 0 Å². The van der Waals surface area contributed by atoms with E-state index in [4.69, 9.17) is 0 Å². The topological polar surface area (TPSA) is 23.5 Å². The SMILES string of the molecule is CC1CC(C(O)C(F)(F)F)N(C(C)C)C1. The fourth-order valence-electron chi connectivity index (χ4n) is 2.24. The zero-order valence-corrected chi connectivity index (χ0v) is 9.25. The maximum absolute atomic E-state index is 12.4. The maximum Gasteiger partial charge on any atom is 0.415 e. The molecule has 0 aliphatic carbocycles. The van der Waals surface area contributed by atoms with Crippen LogP contribution >= 0.6 is 0 Å². The Morgan fingerprint density at radius 2 is 1.87 bits per heavy atom. The van der Waals surface area contributed by atoms with Gasteiger partial charge >= 0.3 is 6.18 Å². The fraction of sp³-hybridized carbons (Fsp3) is 1.00. The van der Waals surface area contributed by atoms with Gasteiger partial charge in [0.25, 0.3) is 0 Å². The molecule has 1 saturated heterocycles. The Morgan fingerprint density at radius 1 is 1.33 bits per heavy atom. The highest BCUT2D eigenvalue weighted by molar-refractivity contribution is 4.92. The van der Waals surface area contributed by atoms with Crippen molar-refractivity contribution in [1.29, 1.82) is 0 Å². The van der Waals surface area contributed by atoms with Gasteiger partial charge in [0.15, 0.2) is 6.10 Å². The van der Waals surface area contributed by atoms with E-state index in [1.54, 1.807) is 4.90 Å². The van der Waals surface area contributed by atoms with Gasteiger partial charge in [-0.25, -0.2) is 0 Å². The Bertz CT molecular complexity index is 215. The van der Waals surface area contributed by atoms with Crippen LogP contribution in [0.4, 0.5) is 13.2 Å². The lowest BCUT2D eigenvalue weighted by molar-refractivity contribution is -0.220. The molecule has 1 aliphatic heterocycles. The summed E-state index contributed by atoms with van der Waals surface area (Å²) in [6.07, 6.45) is -6.31. The van der Waals surface area contributed by atoms with E-state index in [0.717, 1.165) is 0 Å². The molecule has 0 aromatic rings. The molecule has 0 saturated carbocycles. The number of alkyl halides is 3. The van der Waals surface area contributed by atoms with Crippen molar-refractivity contribution < 1.29 is 18.3 Å². The van der Waals surface area contributed by atoms with Crippen LogP contribution in [0, 0.1) is 5.92 Å². The van der Waals surface area contributed by atoms with Crippen LogP contribution in [-0.4, -0.2) is 40.9 Å². The average molecular weight is 225 g/mol. The van der Waals surface area contributed by atoms with Gasteiger partial charge in [-0.15, -0.1) is 0 Å². The van der Waals surface area contributed by atoms with Crippen LogP contribution in [0.25, 0.3) is 0 Å². The summed E-state index contributed by atoms with van der Waals surface area (Å²) >= 11 is 0. The third-order valence-electron chi connectivity index (χ3n) is 2.96. The smallest absolute Gasteiger partial charge is 0.382 e. The molecule has 0 amide bonds. The quantitative estimate of drug-likeness (QED) is 0.777. The lowest BCUT2D eigenvalue weighted by Crippen LogP contribution is -2.49. The van der Waals surface area contributed by atoms with E-state index in [2.05, 4.69) is 0 Å². The summed E-state index contributed by atoms with van der Waals surface area (Å²) in [7, 11) is 0. The van der Waals surface area contributed by atoms with Crippen LogP contribution in [-0.2, 0) is 0 Å². The summed E-state index contributed by atoms with van der Waals surface area (Å²) in [5.41, 5.74) is 0. The molecule has 3 atom stereocenters. The Balaban J connectivity index is 2.75. The molecule has 3 unspecified atom stereocenters. The van der Waals surface area contributed by atoms with Crippen LogP contribution in [0.15, 0.2) is 0 Å². The van der Waals surface area contributed by atoms with Crippen molar-refractivity contribution >= 4 is 0 Å². The summed E-state index contributed by atoms with van der Waals surface area (Å²) in [6, 6.07) is -0.739. The number of hydrogen-bond donors (Lipinski definition) is 1. The molecule has 0 bridgehead atoms. The highest BCUT2D eigenvalue weighted by atomic mass is 19.4. The molecule has 1 heterocycles. The molecule has 1 rings (SSSR count). The zero-order chi connectivity index (χ0) is 11.8. The van der Waals surface area contributed by atoms with Crippen LogP contribution in [0.2, 0.25) is 0 Å². The van der Waals surface area contributed by atoms with Crippen LogP contribution in [0.1, 0.15) is 27.2 Å². The normalized spacial score (nSPS) is 31.2. The first kappa shape index (κ1) is 12.8. The number of nitrogens with zero attached hydrogens (tertiary/aromatic N) is 1. The van der Waals surface area contributed by atoms with Gasteiger partial charge in [0.2, 0.25) is 0 Å². The fourth-order valence-corrected chi connectivity index (χ4v) is 2.24. The highest BCUT2D eigenvalue weighted by Gasteiger charge is 2.48. The molecule has 1 N–H and O–H groups in total. The van der Waals surface area contributed by atoms with Gasteiger partial charge in [-0.1, -0.05) is 6.92 Å². The molecule has 0 spiro atoms. The molecule has 90 valence electrons. The standard InChI is InChI=1S/C10H18F3NO/c1-6(2)14-5-7(3)4-8(14)9(15)10(11,12)13/h6-9,15H,4-5H2,1-3H3. The first-order valence-electron chi connectivity index (χ1n) is 5.24. The number of rotatable bonds is 2.